The monoisotopic (exact) mass is 380 g/mol. The standard InChI is InChI=1S/C21H36N2O4/c1-15-14-22(20(26)12-16-6-2-4-8-18(16)24)10-11-23(15)21(27)13-17-7-3-5-9-19(17)25/h15-19,24-25H,2-14H2,1H3/t15-,16-,17-,18+,19+/m0/s1. The largest absolute Gasteiger partial charge is 0.393 e. The molecule has 2 N–H and O–H groups in total. The lowest BCUT2D eigenvalue weighted by Crippen LogP contribution is -2.56. The summed E-state index contributed by atoms with van der Waals surface area (Å²) in [6, 6.07) is 0.00668. The van der Waals surface area contributed by atoms with Gasteiger partial charge in [-0.05, 0) is 44.4 Å². The number of hydrogen-bond acceptors (Lipinski definition) is 4. The summed E-state index contributed by atoms with van der Waals surface area (Å²) >= 11 is 0. The van der Waals surface area contributed by atoms with Crippen molar-refractivity contribution < 1.29 is 19.8 Å². The van der Waals surface area contributed by atoms with Gasteiger partial charge >= 0.3 is 0 Å². The first-order valence-corrected chi connectivity index (χ1v) is 10.9. The topological polar surface area (TPSA) is 81.1 Å². The predicted octanol–water partition coefficient (Wildman–Crippen LogP) is 1.93. The lowest BCUT2D eigenvalue weighted by Gasteiger charge is -2.41. The van der Waals surface area contributed by atoms with Gasteiger partial charge in [0.15, 0.2) is 0 Å². The molecule has 2 aliphatic carbocycles. The molecule has 0 spiro atoms. The maximum Gasteiger partial charge on any atom is 0.223 e. The van der Waals surface area contributed by atoms with Crippen LogP contribution in [0.3, 0.4) is 0 Å². The lowest BCUT2D eigenvalue weighted by molar-refractivity contribution is -0.145. The first-order chi connectivity index (χ1) is 13.0. The molecule has 2 amide bonds. The maximum atomic E-state index is 12.7. The Labute approximate surface area is 162 Å². The van der Waals surface area contributed by atoms with Crippen LogP contribution in [0.1, 0.15) is 71.1 Å². The molecule has 0 unspecified atom stereocenters. The van der Waals surface area contributed by atoms with Gasteiger partial charge in [0.1, 0.15) is 0 Å². The third-order valence-corrected chi connectivity index (χ3v) is 6.91. The number of amides is 2. The molecule has 0 aromatic rings. The highest BCUT2D eigenvalue weighted by Crippen LogP contribution is 2.29. The van der Waals surface area contributed by atoms with Gasteiger partial charge in [0.05, 0.1) is 12.2 Å². The Morgan fingerprint density at radius 1 is 0.815 bits per heavy atom. The van der Waals surface area contributed by atoms with E-state index in [1.165, 1.54) is 0 Å². The molecule has 5 atom stereocenters. The number of hydrogen-bond donors (Lipinski definition) is 2. The zero-order chi connectivity index (χ0) is 19.4. The summed E-state index contributed by atoms with van der Waals surface area (Å²) in [6.07, 6.45) is 7.95. The molecule has 6 nitrogen and oxygen atoms in total. The second-order valence-corrected chi connectivity index (χ2v) is 8.91. The van der Waals surface area contributed by atoms with E-state index in [4.69, 9.17) is 0 Å². The highest BCUT2D eigenvalue weighted by atomic mass is 16.3. The second-order valence-electron chi connectivity index (χ2n) is 8.91. The van der Waals surface area contributed by atoms with Gasteiger partial charge < -0.3 is 20.0 Å². The Kier molecular flexibility index (Phi) is 7.15. The highest BCUT2D eigenvalue weighted by Gasteiger charge is 2.34. The molecule has 2 saturated carbocycles. The van der Waals surface area contributed by atoms with Crippen LogP contribution < -0.4 is 0 Å². The number of piperazine rings is 1. The average molecular weight is 381 g/mol. The minimum absolute atomic E-state index is 0.00668. The first-order valence-electron chi connectivity index (χ1n) is 10.9. The van der Waals surface area contributed by atoms with Gasteiger partial charge in [-0.1, -0.05) is 25.7 Å². The lowest BCUT2D eigenvalue weighted by atomic mass is 9.83. The Bertz CT molecular complexity index is 526. The van der Waals surface area contributed by atoms with E-state index in [1.54, 1.807) is 0 Å². The van der Waals surface area contributed by atoms with Crippen LogP contribution in [0.25, 0.3) is 0 Å². The number of aliphatic hydroxyl groups excluding tert-OH is 2. The van der Waals surface area contributed by atoms with Crippen LogP contribution in [0.2, 0.25) is 0 Å². The zero-order valence-electron chi connectivity index (χ0n) is 16.7. The van der Waals surface area contributed by atoms with Gasteiger partial charge in [0, 0.05) is 38.5 Å². The van der Waals surface area contributed by atoms with Gasteiger partial charge in [0.25, 0.3) is 0 Å². The van der Waals surface area contributed by atoms with Crippen molar-refractivity contribution in [3.63, 3.8) is 0 Å². The molecule has 1 heterocycles. The van der Waals surface area contributed by atoms with Crippen molar-refractivity contribution in [2.24, 2.45) is 11.8 Å². The van der Waals surface area contributed by atoms with Crippen molar-refractivity contribution in [1.82, 2.24) is 9.80 Å². The van der Waals surface area contributed by atoms with Crippen LogP contribution in [-0.4, -0.2) is 69.7 Å². The molecule has 27 heavy (non-hydrogen) atoms. The van der Waals surface area contributed by atoms with Gasteiger partial charge in [-0.3, -0.25) is 9.59 Å². The van der Waals surface area contributed by atoms with E-state index in [1.807, 2.05) is 16.7 Å². The normalized spacial score (nSPS) is 35.1. The molecule has 6 heteroatoms. The van der Waals surface area contributed by atoms with Crippen molar-refractivity contribution in [1.29, 1.82) is 0 Å². The average Bonchev–Trinajstić information content (AvgIpc) is 2.65. The van der Waals surface area contributed by atoms with E-state index in [0.717, 1.165) is 51.4 Å². The van der Waals surface area contributed by atoms with Crippen molar-refractivity contribution in [2.45, 2.75) is 89.4 Å². The molecular formula is C21H36N2O4. The molecule has 3 fully saturated rings. The molecule has 3 aliphatic rings. The fraction of sp³-hybridized carbons (Fsp3) is 0.905. The fourth-order valence-electron chi connectivity index (χ4n) is 5.10. The molecule has 1 saturated heterocycles. The van der Waals surface area contributed by atoms with Gasteiger partial charge in [-0.2, -0.15) is 0 Å². The minimum atomic E-state index is -0.345. The van der Waals surface area contributed by atoms with E-state index >= 15 is 0 Å². The van der Waals surface area contributed by atoms with E-state index < -0.39 is 0 Å². The van der Waals surface area contributed by atoms with E-state index in [-0.39, 0.29) is 41.9 Å². The fourth-order valence-corrected chi connectivity index (χ4v) is 5.10. The number of rotatable bonds is 4. The molecular weight excluding hydrogens is 344 g/mol. The van der Waals surface area contributed by atoms with E-state index in [0.29, 0.717) is 32.5 Å². The summed E-state index contributed by atoms with van der Waals surface area (Å²) in [5.74, 6) is 0.408. The van der Waals surface area contributed by atoms with Gasteiger partial charge in [-0.15, -0.1) is 0 Å². The number of nitrogens with zero attached hydrogens (tertiary/aromatic N) is 2. The van der Waals surface area contributed by atoms with Crippen molar-refractivity contribution in [3.8, 4) is 0 Å². The van der Waals surface area contributed by atoms with E-state index in [9.17, 15) is 19.8 Å². The summed E-state index contributed by atoms with van der Waals surface area (Å²) in [5.41, 5.74) is 0. The number of carbonyl (C=O) groups is 2. The SMILES string of the molecule is C[C@H]1CN(C(=O)C[C@@H]2CCCC[C@H]2O)CCN1C(=O)C[C@@H]1CCCC[C@H]1O. The Balaban J connectivity index is 1.48. The summed E-state index contributed by atoms with van der Waals surface area (Å²) in [6.45, 7) is 3.72. The summed E-state index contributed by atoms with van der Waals surface area (Å²) < 4.78 is 0. The van der Waals surface area contributed by atoms with Crippen LogP contribution >= 0.6 is 0 Å². The molecule has 1 aliphatic heterocycles. The van der Waals surface area contributed by atoms with Crippen LogP contribution in [-0.2, 0) is 9.59 Å². The molecule has 0 aromatic heterocycles. The highest BCUT2D eigenvalue weighted by molar-refractivity contribution is 5.79. The predicted molar refractivity (Wildman–Crippen MR) is 103 cm³/mol. The molecule has 3 rings (SSSR count). The van der Waals surface area contributed by atoms with E-state index in [2.05, 4.69) is 0 Å². The zero-order valence-corrected chi connectivity index (χ0v) is 16.7. The van der Waals surface area contributed by atoms with Gasteiger partial charge in [0.2, 0.25) is 11.8 Å². The smallest absolute Gasteiger partial charge is 0.223 e. The Morgan fingerprint density at radius 3 is 1.85 bits per heavy atom. The van der Waals surface area contributed by atoms with Crippen LogP contribution in [0.5, 0.6) is 0 Å². The number of aliphatic hydroxyl groups is 2. The Hall–Kier alpha value is -1.14. The first kappa shape index (κ1) is 20.6. The minimum Gasteiger partial charge on any atom is -0.393 e. The second kappa shape index (κ2) is 9.37. The Morgan fingerprint density at radius 2 is 1.33 bits per heavy atom. The van der Waals surface area contributed by atoms with Crippen LogP contribution in [0.15, 0.2) is 0 Å². The van der Waals surface area contributed by atoms with Crippen molar-refractivity contribution in [3.05, 3.63) is 0 Å². The maximum absolute atomic E-state index is 12.7. The van der Waals surface area contributed by atoms with Crippen molar-refractivity contribution >= 4 is 11.8 Å². The molecule has 0 bridgehead atoms. The molecule has 0 radical (unpaired) electrons. The summed E-state index contributed by atoms with van der Waals surface area (Å²) in [5, 5.41) is 20.2. The quantitative estimate of drug-likeness (QED) is 0.781. The molecule has 0 aromatic carbocycles. The third-order valence-electron chi connectivity index (χ3n) is 6.91. The number of carbonyl (C=O) groups excluding carboxylic acids is 2. The van der Waals surface area contributed by atoms with Crippen LogP contribution in [0.4, 0.5) is 0 Å². The summed E-state index contributed by atoms with van der Waals surface area (Å²) in [7, 11) is 0. The third kappa shape index (κ3) is 5.23. The van der Waals surface area contributed by atoms with Crippen molar-refractivity contribution in [2.75, 3.05) is 19.6 Å². The summed E-state index contributed by atoms with van der Waals surface area (Å²) in [4.78, 5) is 29.2. The van der Waals surface area contributed by atoms with Gasteiger partial charge in [-0.25, -0.2) is 0 Å². The molecule has 154 valence electrons. The van der Waals surface area contributed by atoms with Crippen LogP contribution in [0, 0.1) is 11.8 Å².